The number of H-pyrrole nitrogens is 2. The number of nitrogens with zero attached hydrogens (tertiary/aromatic N) is 3. The molecule has 9 nitrogen and oxygen atoms in total. The number of ether oxygens (including phenoxy) is 1. The van der Waals surface area contributed by atoms with Gasteiger partial charge in [-0.05, 0) is 54.9 Å². The molecule has 0 aliphatic carbocycles. The molecule has 30 heavy (non-hydrogen) atoms. The predicted molar refractivity (Wildman–Crippen MR) is 113 cm³/mol. The number of unbranched alkanes of at least 4 members (excludes halogenated alkanes) is 1. The molecule has 5 N–H and O–H groups in total. The summed E-state index contributed by atoms with van der Waals surface area (Å²) in [4.78, 5) is 25.1. The zero-order chi connectivity index (χ0) is 20.9. The molecule has 0 atom stereocenters. The van der Waals surface area contributed by atoms with Crippen LogP contribution < -0.4 is 21.1 Å². The SMILES string of the molecule is Nc1nc(OCCCCO)[nH+]c2c1[nH]c(=O)n2Cc1cccc(CN2CCCC2)c1. The van der Waals surface area contributed by atoms with Crippen molar-refractivity contribution in [3.63, 3.8) is 0 Å². The number of nitrogen functional groups attached to an aromatic ring is 1. The van der Waals surface area contributed by atoms with Crippen molar-refractivity contribution >= 4 is 17.0 Å². The second kappa shape index (κ2) is 9.27. The molecule has 1 saturated heterocycles. The molecule has 0 saturated carbocycles. The summed E-state index contributed by atoms with van der Waals surface area (Å²) in [7, 11) is 0. The molecule has 0 amide bonds. The molecule has 1 fully saturated rings. The van der Waals surface area contributed by atoms with E-state index < -0.39 is 0 Å². The number of rotatable bonds is 9. The first kappa shape index (κ1) is 20.4. The highest BCUT2D eigenvalue weighted by Crippen LogP contribution is 2.17. The topological polar surface area (TPSA) is 124 Å². The molecular formula is C21H29N6O3+. The van der Waals surface area contributed by atoms with Crippen LogP contribution in [0, 0.1) is 0 Å². The van der Waals surface area contributed by atoms with Gasteiger partial charge in [0.05, 0.1) is 13.2 Å². The lowest BCUT2D eigenvalue weighted by atomic mass is 10.1. The standard InChI is InChI=1S/C21H28N6O3/c22-18-17-19(25-20(24-18)30-11-4-3-10-28)27(21(29)23-17)14-16-7-5-6-15(12-16)13-26-8-1-2-9-26/h5-7,12,28H,1-4,8-11,13-14H2,(H,23,29)(H2,22,24,25)/p+1. The summed E-state index contributed by atoms with van der Waals surface area (Å²) in [5, 5.41) is 8.88. The van der Waals surface area contributed by atoms with Crippen LogP contribution in [0.5, 0.6) is 6.01 Å². The van der Waals surface area contributed by atoms with Crippen LogP contribution >= 0.6 is 0 Å². The van der Waals surface area contributed by atoms with Crippen molar-refractivity contribution in [2.45, 2.75) is 38.8 Å². The Morgan fingerprint density at radius 2 is 1.97 bits per heavy atom. The van der Waals surface area contributed by atoms with E-state index in [1.54, 1.807) is 4.57 Å². The number of aromatic amines is 2. The van der Waals surface area contributed by atoms with E-state index in [0.29, 0.717) is 37.2 Å². The number of nitrogens with one attached hydrogen (secondary N) is 2. The van der Waals surface area contributed by atoms with Crippen LogP contribution in [0.25, 0.3) is 11.2 Å². The third-order valence-electron chi connectivity index (χ3n) is 5.42. The van der Waals surface area contributed by atoms with Crippen LogP contribution in [0.2, 0.25) is 0 Å². The van der Waals surface area contributed by atoms with Gasteiger partial charge in [0, 0.05) is 13.2 Å². The van der Waals surface area contributed by atoms with Gasteiger partial charge in [0.2, 0.25) is 5.82 Å². The lowest BCUT2D eigenvalue weighted by molar-refractivity contribution is -0.372. The molecule has 9 heteroatoms. The molecule has 1 aliphatic rings. The third kappa shape index (κ3) is 4.63. The summed E-state index contributed by atoms with van der Waals surface area (Å²) in [6.07, 6.45) is 3.88. The quantitative estimate of drug-likeness (QED) is 0.448. The average Bonchev–Trinajstić information content (AvgIpc) is 3.35. The van der Waals surface area contributed by atoms with Crippen molar-refractivity contribution in [2.75, 3.05) is 32.0 Å². The van der Waals surface area contributed by atoms with Gasteiger partial charge in [-0.3, -0.25) is 9.88 Å². The van der Waals surface area contributed by atoms with Gasteiger partial charge in [-0.15, -0.1) is 0 Å². The van der Waals surface area contributed by atoms with Crippen LogP contribution in [0.1, 0.15) is 36.8 Å². The Hall–Kier alpha value is -2.91. The molecule has 4 rings (SSSR count). The van der Waals surface area contributed by atoms with Crippen LogP contribution in [-0.2, 0) is 13.1 Å². The maximum Gasteiger partial charge on any atom is 0.433 e. The first-order valence-corrected chi connectivity index (χ1v) is 10.5. The lowest BCUT2D eigenvalue weighted by Crippen LogP contribution is -2.23. The van der Waals surface area contributed by atoms with E-state index >= 15 is 0 Å². The maximum absolute atomic E-state index is 12.6. The zero-order valence-corrected chi connectivity index (χ0v) is 17.1. The van der Waals surface area contributed by atoms with Crippen molar-refractivity contribution in [1.29, 1.82) is 0 Å². The van der Waals surface area contributed by atoms with E-state index in [1.807, 2.05) is 12.1 Å². The van der Waals surface area contributed by atoms with Gasteiger partial charge in [-0.1, -0.05) is 24.3 Å². The fraction of sp³-hybridized carbons (Fsp3) is 0.476. The van der Waals surface area contributed by atoms with Crippen LogP contribution in [0.3, 0.4) is 0 Å². The number of benzene rings is 1. The Labute approximate surface area is 174 Å². The molecular weight excluding hydrogens is 384 g/mol. The van der Waals surface area contributed by atoms with Crippen LogP contribution in [0.15, 0.2) is 29.1 Å². The van der Waals surface area contributed by atoms with Crippen molar-refractivity contribution in [1.82, 2.24) is 19.4 Å². The fourth-order valence-electron chi connectivity index (χ4n) is 3.89. The summed E-state index contributed by atoms with van der Waals surface area (Å²) in [5.41, 5.74) is 9.10. The number of fused-ring (bicyclic) bond motifs is 1. The molecule has 160 valence electrons. The highest BCUT2D eigenvalue weighted by Gasteiger charge is 2.21. The van der Waals surface area contributed by atoms with Crippen molar-refractivity contribution < 1.29 is 14.8 Å². The fourth-order valence-corrected chi connectivity index (χ4v) is 3.89. The van der Waals surface area contributed by atoms with Gasteiger partial charge in [-0.25, -0.2) is 14.3 Å². The Bertz CT molecular complexity index is 1050. The molecule has 1 aliphatic heterocycles. The number of hydrogen-bond acceptors (Lipinski definition) is 6. The minimum atomic E-state index is -0.253. The number of aliphatic hydroxyl groups excluding tert-OH is 1. The Kier molecular flexibility index (Phi) is 6.29. The highest BCUT2D eigenvalue weighted by atomic mass is 16.5. The van der Waals surface area contributed by atoms with Gasteiger partial charge >= 0.3 is 11.7 Å². The first-order valence-electron chi connectivity index (χ1n) is 10.5. The minimum absolute atomic E-state index is 0.121. The van der Waals surface area contributed by atoms with E-state index in [1.165, 1.54) is 18.4 Å². The molecule has 3 heterocycles. The molecule has 1 aromatic carbocycles. The predicted octanol–water partition coefficient (Wildman–Crippen LogP) is 0.916. The molecule has 0 radical (unpaired) electrons. The normalized spacial score (nSPS) is 14.6. The van der Waals surface area contributed by atoms with E-state index in [9.17, 15) is 4.79 Å². The monoisotopic (exact) mass is 413 g/mol. The number of nitrogens with two attached hydrogens (primary N) is 1. The molecule has 0 spiro atoms. The Balaban J connectivity index is 1.56. The van der Waals surface area contributed by atoms with E-state index in [4.69, 9.17) is 15.6 Å². The number of anilines is 1. The van der Waals surface area contributed by atoms with Crippen molar-refractivity contribution in [2.24, 2.45) is 0 Å². The zero-order valence-electron chi connectivity index (χ0n) is 17.1. The first-order chi connectivity index (χ1) is 14.6. The van der Waals surface area contributed by atoms with Gasteiger partial charge in [0.15, 0.2) is 5.52 Å². The van der Waals surface area contributed by atoms with Gasteiger partial charge < -0.3 is 15.6 Å². The number of imidazole rings is 1. The summed E-state index contributed by atoms with van der Waals surface area (Å²) >= 11 is 0. The van der Waals surface area contributed by atoms with Gasteiger partial charge in [-0.2, -0.15) is 0 Å². The second-order valence-corrected chi connectivity index (χ2v) is 7.75. The summed E-state index contributed by atoms with van der Waals surface area (Å²) in [6, 6.07) is 8.60. The van der Waals surface area contributed by atoms with E-state index in [2.05, 4.69) is 32.0 Å². The van der Waals surface area contributed by atoms with Crippen LogP contribution in [0.4, 0.5) is 5.82 Å². The average molecular weight is 414 g/mol. The Morgan fingerprint density at radius 1 is 1.20 bits per heavy atom. The lowest BCUT2D eigenvalue weighted by Gasteiger charge is -2.15. The number of aromatic nitrogens is 4. The van der Waals surface area contributed by atoms with Crippen LogP contribution in [-0.4, -0.2) is 50.8 Å². The molecule has 2 aromatic heterocycles. The molecule has 0 bridgehead atoms. The van der Waals surface area contributed by atoms with Gasteiger partial charge in [0.25, 0.3) is 5.65 Å². The highest BCUT2D eigenvalue weighted by molar-refractivity contribution is 5.79. The van der Waals surface area contributed by atoms with E-state index in [0.717, 1.165) is 25.2 Å². The second-order valence-electron chi connectivity index (χ2n) is 7.75. The minimum Gasteiger partial charge on any atom is -0.441 e. The molecule has 0 unspecified atom stereocenters. The summed E-state index contributed by atoms with van der Waals surface area (Å²) < 4.78 is 7.23. The molecule has 3 aromatic rings. The van der Waals surface area contributed by atoms with Gasteiger partial charge in [0.1, 0.15) is 0 Å². The summed E-state index contributed by atoms with van der Waals surface area (Å²) in [5.74, 6) is 0.208. The maximum atomic E-state index is 12.6. The smallest absolute Gasteiger partial charge is 0.433 e. The number of likely N-dealkylation sites (tertiary alicyclic amines) is 1. The van der Waals surface area contributed by atoms with Crippen molar-refractivity contribution in [3.8, 4) is 6.01 Å². The largest absolute Gasteiger partial charge is 0.441 e. The summed E-state index contributed by atoms with van der Waals surface area (Å²) in [6.45, 7) is 4.17. The third-order valence-corrected chi connectivity index (χ3v) is 5.42. The number of hydrogen-bond donors (Lipinski definition) is 3. The number of aliphatic hydroxyl groups is 1. The Morgan fingerprint density at radius 3 is 2.73 bits per heavy atom. The van der Waals surface area contributed by atoms with E-state index in [-0.39, 0.29) is 24.1 Å². The van der Waals surface area contributed by atoms with Crippen molar-refractivity contribution in [3.05, 3.63) is 45.9 Å².